The summed E-state index contributed by atoms with van der Waals surface area (Å²) >= 11 is 0. The van der Waals surface area contributed by atoms with E-state index < -0.39 is 17.3 Å². The third kappa shape index (κ3) is 2.93. The quantitative estimate of drug-likeness (QED) is 0.864. The first-order valence-electron chi connectivity index (χ1n) is 8.22. The van der Waals surface area contributed by atoms with Gasteiger partial charge in [0.25, 0.3) is 0 Å². The van der Waals surface area contributed by atoms with Crippen LogP contribution in [0.2, 0.25) is 0 Å². The van der Waals surface area contributed by atoms with E-state index in [1.165, 1.54) is 14.2 Å². The van der Waals surface area contributed by atoms with Crippen molar-refractivity contribution < 1.29 is 28.9 Å². The van der Waals surface area contributed by atoms with Gasteiger partial charge in [-0.25, -0.2) is 0 Å². The highest BCUT2D eigenvalue weighted by Gasteiger charge is 2.49. The molecule has 0 saturated carbocycles. The molecule has 0 unspecified atom stereocenters. The average molecular weight is 349 g/mol. The van der Waals surface area contributed by atoms with Gasteiger partial charge >= 0.3 is 5.97 Å². The zero-order chi connectivity index (χ0) is 18.2. The first kappa shape index (κ1) is 17.5. The molecule has 0 aliphatic carbocycles. The molecule has 1 amide bonds. The van der Waals surface area contributed by atoms with Gasteiger partial charge < -0.3 is 24.2 Å². The van der Waals surface area contributed by atoms with E-state index in [1.54, 1.807) is 17.0 Å². The van der Waals surface area contributed by atoms with Gasteiger partial charge in [-0.3, -0.25) is 9.59 Å². The van der Waals surface area contributed by atoms with Crippen LogP contribution in [0.1, 0.15) is 18.4 Å². The number of amides is 1. The second-order valence-corrected chi connectivity index (χ2v) is 6.90. The largest absolute Gasteiger partial charge is 0.493 e. The Bertz CT molecular complexity index is 684. The molecule has 7 nitrogen and oxygen atoms in total. The predicted octanol–water partition coefficient (Wildman–Crippen LogP) is 1.37. The van der Waals surface area contributed by atoms with E-state index in [4.69, 9.17) is 14.2 Å². The topological polar surface area (TPSA) is 85.3 Å². The molecule has 3 rings (SSSR count). The highest BCUT2D eigenvalue weighted by molar-refractivity contribution is 5.85. The summed E-state index contributed by atoms with van der Waals surface area (Å²) in [7, 11) is 3.07. The molecule has 2 heterocycles. The number of benzene rings is 1. The van der Waals surface area contributed by atoms with Crippen LogP contribution in [0.4, 0.5) is 0 Å². The Balaban J connectivity index is 1.92. The van der Waals surface area contributed by atoms with Gasteiger partial charge in [-0.2, -0.15) is 0 Å². The van der Waals surface area contributed by atoms with Crippen molar-refractivity contribution in [2.24, 2.45) is 11.3 Å². The van der Waals surface area contributed by atoms with Gasteiger partial charge in [0.05, 0.1) is 38.8 Å². The summed E-state index contributed by atoms with van der Waals surface area (Å²) in [5, 5.41) is 9.67. The maximum atomic E-state index is 12.8. The Kier molecular flexibility index (Phi) is 4.60. The molecule has 0 bridgehead atoms. The van der Waals surface area contributed by atoms with Crippen molar-refractivity contribution in [3.05, 3.63) is 23.8 Å². The van der Waals surface area contributed by atoms with Crippen LogP contribution in [-0.2, 0) is 14.3 Å². The first-order valence-corrected chi connectivity index (χ1v) is 8.22. The number of methoxy groups -OCH3 is 2. The Morgan fingerprint density at radius 3 is 2.48 bits per heavy atom. The van der Waals surface area contributed by atoms with Gasteiger partial charge in [0.15, 0.2) is 11.5 Å². The van der Waals surface area contributed by atoms with E-state index in [0.29, 0.717) is 31.3 Å². The molecule has 0 spiro atoms. The normalized spacial score (nSPS) is 24.5. The standard InChI is InChI=1S/C18H23NO6/c1-18(9-25-10-18)17(22)19-7-12(13(8-19)16(20)21)11-5-4-6-14(23-2)15(11)24-3/h4-6,12-13H,7-10H2,1-3H3,(H,20,21)/t12-,13+/m1/s1. The summed E-state index contributed by atoms with van der Waals surface area (Å²) < 4.78 is 16.0. The minimum atomic E-state index is -0.916. The molecular weight excluding hydrogens is 326 g/mol. The lowest BCUT2D eigenvalue weighted by molar-refractivity contribution is -0.167. The number of carbonyl (C=O) groups excluding carboxylic acids is 1. The molecule has 1 N–H and O–H groups in total. The molecule has 0 radical (unpaired) electrons. The molecule has 136 valence electrons. The summed E-state index contributed by atoms with van der Waals surface area (Å²) in [4.78, 5) is 26.2. The van der Waals surface area contributed by atoms with Gasteiger partial charge in [-0.15, -0.1) is 0 Å². The third-order valence-corrected chi connectivity index (χ3v) is 5.11. The number of hydrogen-bond acceptors (Lipinski definition) is 5. The highest BCUT2D eigenvalue weighted by atomic mass is 16.5. The minimum Gasteiger partial charge on any atom is -0.493 e. The van der Waals surface area contributed by atoms with Crippen LogP contribution in [0.3, 0.4) is 0 Å². The van der Waals surface area contributed by atoms with Crippen molar-refractivity contribution in [3.63, 3.8) is 0 Å². The van der Waals surface area contributed by atoms with Gasteiger partial charge in [0.1, 0.15) is 0 Å². The van der Waals surface area contributed by atoms with Crippen LogP contribution in [-0.4, -0.2) is 62.4 Å². The molecule has 7 heteroatoms. The molecule has 2 fully saturated rings. The van der Waals surface area contributed by atoms with Crippen LogP contribution in [0.5, 0.6) is 11.5 Å². The van der Waals surface area contributed by atoms with Crippen LogP contribution >= 0.6 is 0 Å². The molecule has 0 aromatic heterocycles. The average Bonchev–Trinajstić information content (AvgIpc) is 3.03. The number of ether oxygens (including phenoxy) is 3. The van der Waals surface area contributed by atoms with E-state index in [0.717, 1.165) is 5.56 Å². The second-order valence-electron chi connectivity index (χ2n) is 6.90. The minimum absolute atomic E-state index is 0.0469. The van der Waals surface area contributed by atoms with Crippen LogP contribution in [0.25, 0.3) is 0 Å². The lowest BCUT2D eigenvalue weighted by Gasteiger charge is -2.39. The lowest BCUT2D eigenvalue weighted by Crippen LogP contribution is -2.53. The Hall–Kier alpha value is -2.28. The number of carboxylic acids is 1. The summed E-state index contributed by atoms with van der Waals surface area (Å²) in [5.74, 6) is -0.929. The fourth-order valence-electron chi connectivity index (χ4n) is 3.65. The summed E-state index contributed by atoms with van der Waals surface area (Å²) in [6.07, 6.45) is 0. The third-order valence-electron chi connectivity index (χ3n) is 5.11. The maximum absolute atomic E-state index is 12.8. The second kappa shape index (κ2) is 6.55. The fourth-order valence-corrected chi connectivity index (χ4v) is 3.65. The molecule has 2 saturated heterocycles. The molecular formula is C18H23NO6. The Morgan fingerprint density at radius 2 is 1.96 bits per heavy atom. The number of likely N-dealkylation sites (tertiary alicyclic amines) is 1. The number of nitrogens with zero attached hydrogens (tertiary/aromatic N) is 1. The van der Waals surface area contributed by atoms with Crippen molar-refractivity contribution in [1.29, 1.82) is 0 Å². The van der Waals surface area contributed by atoms with Gasteiger partial charge in [-0.05, 0) is 13.0 Å². The van der Waals surface area contributed by atoms with Crippen LogP contribution in [0.15, 0.2) is 18.2 Å². The Labute approximate surface area is 146 Å². The first-order chi connectivity index (χ1) is 11.9. The van der Waals surface area contributed by atoms with Gasteiger partial charge in [0.2, 0.25) is 5.91 Å². The summed E-state index contributed by atoms with van der Waals surface area (Å²) in [6.45, 7) is 3.15. The molecule has 2 aliphatic heterocycles. The maximum Gasteiger partial charge on any atom is 0.308 e. The van der Waals surface area contributed by atoms with Crippen molar-refractivity contribution in [3.8, 4) is 11.5 Å². The highest BCUT2D eigenvalue weighted by Crippen LogP contribution is 2.43. The smallest absolute Gasteiger partial charge is 0.308 e. The van der Waals surface area contributed by atoms with Crippen molar-refractivity contribution >= 4 is 11.9 Å². The zero-order valence-corrected chi connectivity index (χ0v) is 14.7. The van der Waals surface area contributed by atoms with Crippen LogP contribution < -0.4 is 9.47 Å². The predicted molar refractivity (Wildman–Crippen MR) is 88.9 cm³/mol. The van der Waals surface area contributed by atoms with Crippen molar-refractivity contribution in [2.45, 2.75) is 12.8 Å². The summed E-state index contributed by atoms with van der Waals surface area (Å²) in [6, 6.07) is 5.41. The monoisotopic (exact) mass is 349 g/mol. The number of hydrogen-bond donors (Lipinski definition) is 1. The van der Waals surface area contributed by atoms with E-state index in [2.05, 4.69) is 0 Å². The van der Waals surface area contributed by atoms with E-state index >= 15 is 0 Å². The number of carbonyl (C=O) groups is 2. The fraction of sp³-hybridized carbons (Fsp3) is 0.556. The molecule has 1 aromatic carbocycles. The van der Waals surface area contributed by atoms with E-state index in [1.807, 2.05) is 13.0 Å². The molecule has 1 aromatic rings. The van der Waals surface area contributed by atoms with Gasteiger partial charge in [0, 0.05) is 24.6 Å². The number of aliphatic carboxylic acids is 1. The molecule has 2 aliphatic rings. The van der Waals surface area contributed by atoms with Crippen molar-refractivity contribution in [2.75, 3.05) is 40.5 Å². The summed E-state index contributed by atoms with van der Waals surface area (Å²) in [5.41, 5.74) is 0.204. The van der Waals surface area contributed by atoms with Crippen molar-refractivity contribution in [1.82, 2.24) is 4.90 Å². The van der Waals surface area contributed by atoms with E-state index in [9.17, 15) is 14.7 Å². The number of carboxylic acid groups (broad SMARTS) is 1. The van der Waals surface area contributed by atoms with Gasteiger partial charge in [-0.1, -0.05) is 12.1 Å². The number of rotatable bonds is 5. The SMILES string of the molecule is COc1cccc([C@H]2CN(C(=O)C3(C)COC3)C[C@@H]2C(=O)O)c1OC. The van der Waals surface area contributed by atoms with E-state index in [-0.39, 0.29) is 18.4 Å². The molecule has 25 heavy (non-hydrogen) atoms. The zero-order valence-electron chi connectivity index (χ0n) is 14.7. The number of para-hydroxylation sites is 1. The van der Waals surface area contributed by atoms with Crippen LogP contribution in [0, 0.1) is 11.3 Å². The molecule has 2 atom stereocenters. The Morgan fingerprint density at radius 1 is 1.24 bits per heavy atom. The lowest BCUT2D eigenvalue weighted by atomic mass is 9.87.